The predicted molar refractivity (Wildman–Crippen MR) is 115 cm³/mol. The van der Waals surface area contributed by atoms with Gasteiger partial charge in [0, 0.05) is 31.6 Å². The highest BCUT2D eigenvalue weighted by Gasteiger charge is 2.51. The fraction of sp³-hybridized carbons (Fsp3) is 0.625. The number of carbonyl (C=O) groups excluding carboxylic acids is 2. The number of piperazine rings is 1. The van der Waals surface area contributed by atoms with Gasteiger partial charge in [-0.15, -0.1) is 0 Å². The number of hydrogen-bond acceptors (Lipinski definition) is 4. The molecule has 1 aromatic carbocycles. The highest BCUT2D eigenvalue weighted by atomic mass is 19.4. The van der Waals surface area contributed by atoms with E-state index in [0.29, 0.717) is 43.6 Å². The van der Waals surface area contributed by atoms with E-state index in [1.807, 2.05) is 11.8 Å². The SMILES string of the molecule is Cc1cc([C@@H](C)N2C(=O)[C@@H]3CC2CN3C[C@H](C)C(=O)N2CCC[C@H]2C#N)cc(C(F)(F)F)c1. The second-order valence-corrected chi connectivity index (χ2v) is 9.63. The summed E-state index contributed by atoms with van der Waals surface area (Å²) < 4.78 is 39.8. The van der Waals surface area contributed by atoms with E-state index in [1.54, 1.807) is 29.7 Å². The van der Waals surface area contributed by atoms with Crippen molar-refractivity contribution in [2.45, 2.75) is 70.4 Å². The van der Waals surface area contributed by atoms with Crippen LogP contribution in [-0.2, 0) is 15.8 Å². The van der Waals surface area contributed by atoms with Crippen molar-refractivity contribution in [1.82, 2.24) is 14.7 Å². The predicted octanol–water partition coefficient (Wildman–Crippen LogP) is 3.51. The zero-order chi connectivity index (χ0) is 24.1. The fourth-order valence-electron chi connectivity index (χ4n) is 5.65. The normalized spacial score (nSPS) is 27.2. The third-order valence-electron chi connectivity index (χ3n) is 7.26. The molecule has 2 bridgehead atoms. The highest BCUT2D eigenvalue weighted by Crippen LogP contribution is 2.40. The van der Waals surface area contributed by atoms with Gasteiger partial charge in [0.2, 0.25) is 11.8 Å². The molecule has 0 spiro atoms. The lowest BCUT2D eigenvalue weighted by Crippen LogP contribution is -2.53. The number of benzene rings is 1. The summed E-state index contributed by atoms with van der Waals surface area (Å²) in [6.45, 7) is 6.86. The molecule has 1 unspecified atom stereocenters. The van der Waals surface area contributed by atoms with Gasteiger partial charge in [0.1, 0.15) is 6.04 Å². The first-order valence-electron chi connectivity index (χ1n) is 11.5. The van der Waals surface area contributed by atoms with E-state index in [1.165, 1.54) is 0 Å². The fourth-order valence-corrected chi connectivity index (χ4v) is 5.65. The van der Waals surface area contributed by atoms with Crippen molar-refractivity contribution in [3.05, 3.63) is 34.9 Å². The number of fused-ring (bicyclic) bond motifs is 2. The zero-order valence-corrected chi connectivity index (χ0v) is 19.1. The number of amides is 2. The molecule has 2 amide bonds. The van der Waals surface area contributed by atoms with E-state index in [4.69, 9.17) is 0 Å². The van der Waals surface area contributed by atoms with E-state index in [-0.39, 0.29) is 35.9 Å². The van der Waals surface area contributed by atoms with Gasteiger partial charge in [-0.1, -0.05) is 18.6 Å². The lowest BCUT2D eigenvalue weighted by molar-refractivity contribution is -0.142. The van der Waals surface area contributed by atoms with Crippen molar-refractivity contribution >= 4 is 11.8 Å². The molecule has 0 saturated carbocycles. The van der Waals surface area contributed by atoms with Gasteiger partial charge in [-0.2, -0.15) is 18.4 Å². The molecular weight excluding hydrogens is 433 g/mol. The summed E-state index contributed by atoms with van der Waals surface area (Å²) >= 11 is 0. The molecule has 3 saturated heterocycles. The Labute approximate surface area is 191 Å². The van der Waals surface area contributed by atoms with Gasteiger partial charge in [0.05, 0.1) is 23.7 Å². The Hall–Kier alpha value is -2.60. The van der Waals surface area contributed by atoms with Crippen LogP contribution in [0.2, 0.25) is 0 Å². The molecule has 0 radical (unpaired) electrons. The molecule has 9 heteroatoms. The van der Waals surface area contributed by atoms with Gasteiger partial charge in [0.25, 0.3) is 0 Å². The van der Waals surface area contributed by atoms with Crippen LogP contribution in [0.1, 0.15) is 55.8 Å². The summed E-state index contributed by atoms with van der Waals surface area (Å²) in [6, 6.07) is 4.87. The summed E-state index contributed by atoms with van der Waals surface area (Å²) in [5.41, 5.74) is 0.289. The Morgan fingerprint density at radius 2 is 2.00 bits per heavy atom. The van der Waals surface area contributed by atoms with Gasteiger partial charge in [-0.25, -0.2) is 0 Å². The Balaban J connectivity index is 1.44. The Morgan fingerprint density at radius 3 is 2.64 bits per heavy atom. The third kappa shape index (κ3) is 4.33. The van der Waals surface area contributed by atoms with Crippen LogP contribution in [0.4, 0.5) is 13.2 Å². The standard InChI is InChI=1S/C24H29F3N4O2/c1-14-7-17(9-18(8-14)24(25,26)27)16(3)31-20-10-21(23(31)33)29(13-20)12-15(2)22(32)30-6-4-5-19(30)11-28/h7-9,15-16,19-21H,4-6,10,12-13H2,1-3H3/t15-,16+,19-,20?,21-/m0/s1. The number of hydrogen-bond donors (Lipinski definition) is 0. The maximum absolute atomic E-state index is 13.3. The van der Waals surface area contributed by atoms with E-state index < -0.39 is 17.8 Å². The monoisotopic (exact) mass is 462 g/mol. The molecule has 0 aliphatic carbocycles. The molecule has 6 nitrogen and oxygen atoms in total. The van der Waals surface area contributed by atoms with Crippen LogP contribution >= 0.6 is 0 Å². The van der Waals surface area contributed by atoms with Crippen LogP contribution in [0.15, 0.2) is 18.2 Å². The third-order valence-corrected chi connectivity index (χ3v) is 7.26. The number of nitrogens with zero attached hydrogens (tertiary/aromatic N) is 4. The van der Waals surface area contributed by atoms with Crippen LogP contribution in [0, 0.1) is 24.2 Å². The first kappa shape index (κ1) is 23.6. The van der Waals surface area contributed by atoms with Crippen molar-refractivity contribution in [1.29, 1.82) is 5.26 Å². The number of carbonyl (C=O) groups is 2. The molecule has 1 aromatic rings. The van der Waals surface area contributed by atoms with Crippen LogP contribution in [0.5, 0.6) is 0 Å². The molecule has 4 rings (SSSR count). The van der Waals surface area contributed by atoms with Crippen LogP contribution < -0.4 is 0 Å². The Bertz CT molecular complexity index is 989. The number of likely N-dealkylation sites (tertiary alicyclic amines) is 3. The second kappa shape index (κ2) is 8.64. The number of halogens is 3. The largest absolute Gasteiger partial charge is 0.416 e. The Morgan fingerprint density at radius 1 is 1.27 bits per heavy atom. The lowest BCUT2D eigenvalue weighted by Gasteiger charge is -2.38. The van der Waals surface area contributed by atoms with E-state index in [2.05, 4.69) is 6.07 Å². The van der Waals surface area contributed by atoms with Gasteiger partial charge >= 0.3 is 6.18 Å². The number of aryl methyl sites for hydroxylation is 1. The molecule has 3 aliphatic rings. The summed E-state index contributed by atoms with van der Waals surface area (Å²) in [7, 11) is 0. The van der Waals surface area contributed by atoms with Gasteiger partial charge in [0.15, 0.2) is 0 Å². The van der Waals surface area contributed by atoms with Crippen molar-refractivity contribution in [3.8, 4) is 6.07 Å². The van der Waals surface area contributed by atoms with E-state index in [0.717, 1.165) is 18.6 Å². The summed E-state index contributed by atoms with van der Waals surface area (Å²) in [4.78, 5) is 31.4. The smallest absolute Gasteiger partial charge is 0.330 e. The van der Waals surface area contributed by atoms with Crippen LogP contribution in [0.25, 0.3) is 0 Å². The highest BCUT2D eigenvalue weighted by molar-refractivity contribution is 5.86. The number of alkyl halides is 3. The quantitative estimate of drug-likeness (QED) is 0.672. The van der Waals surface area contributed by atoms with Crippen molar-refractivity contribution in [2.75, 3.05) is 19.6 Å². The first-order valence-corrected chi connectivity index (χ1v) is 11.5. The van der Waals surface area contributed by atoms with Crippen molar-refractivity contribution in [3.63, 3.8) is 0 Å². The summed E-state index contributed by atoms with van der Waals surface area (Å²) in [5, 5.41) is 9.26. The topological polar surface area (TPSA) is 67.7 Å². The first-order chi connectivity index (χ1) is 15.5. The average molecular weight is 463 g/mol. The van der Waals surface area contributed by atoms with E-state index >= 15 is 0 Å². The molecule has 3 aliphatic heterocycles. The van der Waals surface area contributed by atoms with Gasteiger partial charge in [-0.05, 0) is 50.8 Å². The molecule has 5 atom stereocenters. The molecule has 33 heavy (non-hydrogen) atoms. The molecule has 0 N–H and O–H groups in total. The molecule has 3 heterocycles. The molecule has 0 aromatic heterocycles. The minimum absolute atomic E-state index is 0.0565. The van der Waals surface area contributed by atoms with Gasteiger partial charge in [-0.3, -0.25) is 14.5 Å². The van der Waals surface area contributed by atoms with Crippen molar-refractivity contribution in [2.24, 2.45) is 5.92 Å². The maximum atomic E-state index is 13.3. The molecule has 178 valence electrons. The summed E-state index contributed by atoms with van der Waals surface area (Å²) in [6.07, 6.45) is -2.30. The van der Waals surface area contributed by atoms with E-state index in [9.17, 15) is 28.0 Å². The molecular formula is C24H29F3N4O2. The van der Waals surface area contributed by atoms with Crippen LogP contribution in [0.3, 0.4) is 0 Å². The minimum atomic E-state index is -4.44. The second-order valence-electron chi connectivity index (χ2n) is 9.63. The van der Waals surface area contributed by atoms with Crippen LogP contribution in [-0.4, -0.2) is 64.3 Å². The van der Waals surface area contributed by atoms with Gasteiger partial charge < -0.3 is 9.80 Å². The summed E-state index contributed by atoms with van der Waals surface area (Å²) in [5.74, 6) is -0.480. The molecule has 3 fully saturated rings. The number of rotatable bonds is 5. The minimum Gasteiger partial charge on any atom is -0.330 e. The average Bonchev–Trinajstić information content (AvgIpc) is 3.46. The zero-order valence-electron chi connectivity index (χ0n) is 19.1. The van der Waals surface area contributed by atoms with Crippen molar-refractivity contribution < 1.29 is 22.8 Å². The number of nitriles is 1. The Kier molecular flexibility index (Phi) is 6.16. The lowest BCUT2D eigenvalue weighted by atomic mass is 9.99. The maximum Gasteiger partial charge on any atom is 0.416 e.